The quantitative estimate of drug-likeness (QED) is 0.535. The van der Waals surface area contributed by atoms with Gasteiger partial charge in [0.25, 0.3) is 0 Å². The predicted molar refractivity (Wildman–Crippen MR) is 54.1 cm³/mol. The van der Waals surface area contributed by atoms with Gasteiger partial charge in [-0.1, -0.05) is 12.8 Å². The lowest BCUT2D eigenvalue weighted by molar-refractivity contribution is -0.915. The van der Waals surface area contributed by atoms with Crippen LogP contribution >= 0.6 is 0 Å². The van der Waals surface area contributed by atoms with Crippen LogP contribution in [0.5, 0.6) is 0 Å². The second-order valence-corrected chi connectivity index (χ2v) is 4.74. The van der Waals surface area contributed by atoms with E-state index >= 15 is 0 Å². The minimum atomic E-state index is 0.255. The molecule has 0 bridgehead atoms. The molecule has 3 N–H and O–H groups in total. The van der Waals surface area contributed by atoms with E-state index in [2.05, 4.69) is 0 Å². The number of quaternary nitrogens is 1. The molecule has 0 aromatic carbocycles. The van der Waals surface area contributed by atoms with E-state index in [1.165, 1.54) is 30.6 Å². The van der Waals surface area contributed by atoms with Gasteiger partial charge in [0, 0.05) is 11.8 Å². The number of aliphatic hydroxyl groups excluding tert-OH is 2. The highest BCUT2D eigenvalue weighted by Crippen LogP contribution is 2.48. The SMILES string of the molecule is OCC[NH+](CCO)C1[C@H]2CCCC[C@@H]12. The zero-order valence-corrected chi connectivity index (χ0v) is 8.78. The van der Waals surface area contributed by atoms with Crippen LogP contribution in [0.15, 0.2) is 0 Å². The molecule has 14 heavy (non-hydrogen) atoms. The van der Waals surface area contributed by atoms with Crippen molar-refractivity contribution in [3.8, 4) is 0 Å². The molecule has 0 heterocycles. The van der Waals surface area contributed by atoms with E-state index in [1.54, 1.807) is 0 Å². The first-order valence-corrected chi connectivity index (χ1v) is 5.94. The van der Waals surface area contributed by atoms with Crippen molar-refractivity contribution in [2.75, 3.05) is 26.3 Å². The number of aliphatic hydroxyl groups is 2. The average Bonchev–Trinajstić information content (AvgIpc) is 2.91. The number of fused-ring (bicyclic) bond motifs is 1. The van der Waals surface area contributed by atoms with Crippen LogP contribution in [-0.4, -0.2) is 42.6 Å². The molecule has 2 rings (SSSR count). The Bertz CT molecular complexity index is 168. The summed E-state index contributed by atoms with van der Waals surface area (Å²) < 4.78 is 0. The smallest absolute Gasteiger partial charge is 0.101 e. The lowest BCUT2D eigenvalue weighted by atomic mass is 10.0. The van der Waals surface area contributed by atoms with Crippen LogP contribution in [-0.2, 0) is 0 Å². The highest BCUT2D eigenvalue weighted by molar-refractivity contribution is 4.99. The van der Waals surface area contributed by atoms with Crippen LogP contribution in [0, 0.1) is 11.8 Å². The second kappa shape index (κ2) is 4.60. The van der Waals surface area contributed by atoms with Crippen molar-refractivity contribution in [1.82, 2.24) is 0 Å². The van der Waals surface area contributed by atoms with Crippen LogP contribution in [0.25, 0.3) is 0 Å². The van der Waals surface area contributed by atoms with Gasteiger partial charge in [0.1, 0.15) is 13.1 Å². The van der Waals surface area contributed by atoms with Crippen molar-refractivity contribution in [2.24, 2.45) is 11.8 Å². The highest BCUT2D eigenvalue weighted by atomic mass is 16.3. The molecule has 0 amide bonds. The molecule has 82 valence electrons. The van der Waals surface area contributed by atoms with Crippen molar-refractivity contribution in [3.05, 3.63) is 0 Å². The van der Waals surface area contributed by atoms with Gasteiger partial charge in [0.2, 0.25) is 0 Å². The normalized spacial score (nSPS) is 35.8. The van der Waals surface area contributed by atoms with Crippen LogP contribution in [0.4, 0.5) is 0 Å². The Hall–Kier alpha value is -0.120. The molecule has 0 aliphatic heterocycles. The maximum Gasteiger partial charge on any atom is 0.101 e. The van der Waals surface area contributed by atoms with Gasteiger partial charge in [-0.2, -0.15) is 0 Å². The maximum absolute atomic E-state index is 8.97. The number of nitrogens with one attached hydrogen (secondary N) is 1. The van der Waals surface area contributed by atoms with Gasteiger partial charge >= 0.3 is 0 Å². The molecule has 2 saturated carbocycles. The van der Waals surface area contributed by atoms with Crippen molar-refractivity contribution in [3.63, 3.8) is 0 Å². The topological polar surface area (TPSA) is 44.9 Å². The average molecular weight is 200 g/mol. The molecule has 0 aromatic rings. The molecule has 2 aliphatic carbocycles. The van der Waals surface area contributed by atoms with Gasteiger partial charge in [-0.15, -0.1) is 0 Å². The fourth-order valence-corrected chi connectivity index (χ4v) is 3.34. The summed E-state index contributed by atoms with van der Waals surface area (Å²) in [6, 6.07) is 0.761. The first kappa shape index (κ1) is 10.4. The third-order valence-corrected chi connectivity index (χ3v) is 3.99. The minimum absolute atomic E-state index is 0.255. The Morgan fingerprint density at radius 1 is 0.929 bits per heavy atom. The van der Waals surface area contributed by atoms with Gasteiger partial charge in [-0.25, -0.2) is 0 Å². The summed E-state index contributed by atoms with van der Waals surface area (Å²) in [6.07, 6.45) is 5.55. The van der Waals surface area contributed by atoms with E-state index in [0.29, 0.717) is 0 Å². The standard InChI is InChI=1S/C11H21NO2/c13-7-5-12(6-8-14)11-9-3-1-2-4-10(9)11/h9-11,13-14H,1-8H2/p+1/t9-,10+,11?. The maximum atomic E-state index is 8.97. The third-order valence-electron chi connectivity index (χ3n) is 3.99. The first-order chi connectivity index (χ1) is 6.88. The Morgan fingerprint density at radius 2 is 1.43 bits per heavy atom. The van der Waals surface area contributed by atoms with E-state index < -0.39 is 0 Å². The molecule has 0 saturated heterocycles. The van der Waals surface area contributed by atoms with E-state index in [0.717, 1.165) is 31.0 Å². The zero-order chi connectivity index (χ0) is 9.97. The Kier molecular flexibility index (Phi) is 3.42. The van der Waals surface area contributed by atoms with E-state index in [1.807, 2.05) is 0 Å². The monoisotopic (exact) mass is 200 g/mol. The Labute approximate surface area is 85.7 Å². The molecule has 3 heteroatoms. The molecule has 0 aromatic heterocycles. The fourth-order valence-electron chi connectivity index (χ4n) is 3.34. The molecule has 3 atom stereocenters. The number of hydrogen-bond donors (Lipinski definition) is 3. The predicted octanol–water partition coefficient (Wildman–Crippen LogP) is -0.955. The number of hydrogen-bond acceptors (Lipinski definition) is 2. The van der Waals surface area contributed by atoms with Crippen molar-refractivity contribution >= 4 is 0 Å². The summed E-state index contributed by atoms with van der Waals surface area (Å²) >= 11 is 0. The molecule has 0 spiro atoms. The van der Waals surface area contributed by atoms with Crippen LogP contribution in [0.1, 0.15) is 25.7 Å². The van der Waals surface area contributed by atoms with Gasteiger partial charge in [-0.05, 0) is 12.8 Å². The van der Waals surface area contributed by atoms with Gasteiger partial charge in [0.15, 0.2) is 0 Å². The van der Waals surface area contributed by atoms with Gasteiger partial charge in [0.05, 0.1) is 19.3 Å². The number of rotatable bonds is 5. The summed E-state index contributed by atoms with van der Waals surface area (Å²) in [5.41, 5.74) is 0. The van der Waals surface area contributed by atoms with Crippen molar-refractivity contribution < 1.29 is 15.1 Å². The fraction of sp³-hybridized carbons (Fsp3) is 1.00. The lowest BCUT2D eigenvalue weighted by Crippen LogP contribution is -3.15. The molecule has 1 unspecified atom stereocenters. The van der Waals surface area contributed by atoms with E-state index in [-0.39, 0.29) is 13.2 Å². The van der Waals surface area contributed by atoms with Crippen LogP contribution in [0.2, 0.25) is 0 Å². The Morgan fingerprint density at radius 3 is 1.86 bits per heavy atom. The summed E-state index contributed by atoms with van der Waals surface area (Å²) in [6.45, 7) is 2.15. The largest absolute Gasteiger partial charge is 0.391 e. The third kappa shape index (κ3) is 1.95. The summed E-state index contributed by atoms with van der Waals surface area (Å²) in [4.78, 5) is 1.44. The molecule has 2 fully saturated rings. The zero-order valence-electron chi connectivity index (χ0n) is 8.78. The first-order valence-electron chi connectivity index (χ1n) is 5.94. The van der Waals surface area contributed by atoms with E-state index in [9.17, 15) is 0 Å². The molecule has 0 radical (unpaired) electrons. The van der Waals surface area contributed by atoms with Gasteiger partial charge < -0.3 is 15.1 Å². The molecule has 2 aliphatic rings. The van der Waals surface area contributed by atoms with Crippen LogP contribution < -0.4 is 4.90 Å². The van der Waals surface area contributed by atoms with Crippen LogP contribution in [0.3, 0.4) is 0 Å². The summed E-state index contributed by atoms with van der Waals surface area (Å²) in [7, 11) is 0. The van der Waals surface area contributed by atoms with Crippen molar-refractivity contribution in [1.29, 1.82) is 0 Å². The summed E-state index contributed by atoms with van der Waals surface area (Å²) in [5.74, 6) is 1.83. The van der Waals surface area contributed by atoms with E-state index in [4.69, 9.17) is 10.2 Å². The van der Waals surface area contributed by atoms with Crippen molar-refractivity contribution in [2.45, 2.75) is 31.7 Å². The Balaban J connectivity index is 1.86. The highest BCUT2D eigenvalue weighted by Gasteiger charge is 2.56. The molecular weight excluding hydrogens is 178 g/mol. The lowest BCUT2D eigenvalue weighted by Gasteiger charge is -2.17. The summed E-state index contributed by atoms with van der Waals surface area (Å²) in [5, 5.41) is 17.9. The second-order valence-electron chi connectivity index (χ2n) is 4.74. The van der Waals surface area contributed by atoms with Gasteiger partial charge in [-0.3, -0.25) is 0 Å². The molecular formula is C11H22NO2+. The molecule has 3 nitrogen and oxygen atoms in total. The minimum Gasteiger partial charge on any atom is -0.391 e.